The molecule has 2 N–H and O–H groups in total. The maximum atomic E-state index is 12.4. The first-order valence-electron chi connectivity index (χ1n) is 7.96. The van der Waals surface area contributed by atoms with Gasteiger partial charge in [-0.1, -0.05) is 12.8 Å². The van der Waals surface area contributed by atoms with Gasteiger partial charge in [-0.2, -0.15) is 0 Å². The zero-order valence-electron chi connectivity index (χ0n) is 13.5. The Morgan fingerprint density at radius 2 is 1.79 bits per heavy atom. The number of hydrogen-bond acceptors (Lipinski definition) is 5. The summed E-state index contributed by atoms with van der Waals surface area (Å²) in [6.45, 7) is 0. The average molecular weight is 347 g/mol. The molecule has 1 saturated carbocycles. The van der Waals surface area contributed by atoms with E-state index in [4.69, 9.17) is 4.74 Å². The molecule has 0 amide bonds. The molecule has 1 aromatic heterocycles. The van der Waals surface area contributed by atoms with Gasteiger partial charge in [-0.15, -0.1) is 0 Å². The predicted octanol–water partition coefficient (Wildman–Crippen LogP) is 3.25. The van der Waals surface area contributed by atoms with Crippen LogP contribution in [0.1, 0.15) is 25.7 Å². The number of methoxy groups -OCH3 is 1. The molecule has 6 nitrogen and oxygen atoms in total. The highest BCUT2D eigenvalue weighted by Gasteiger charge is 2.16. The predicted molar refractivity (Wildman–Crippen MR) is 93.9 cm³/mol. The Hall–Kier alpha value is -2.28. The molecule has 1 aliphatic carbocycles. The highest BCUT2D eigenvalue weighted by atomic mass is 32.2. The molecular formula is C17H21N3O3S. The number of ether oxygens (including phenoxy) is 1. The van der Waals surface area contributed by atoms with Gasteiger partial charge in [-0.05, 0) is 49.2 Å². The first kappa shape index (κ1) is 16.6. The van der Waals surface area contributed by atoms with E-state index in [1.807, 2.05) is 6.07 Å². The van der Waals surface area contributed by atoms with Gasteiger partial charge in [0.15, 0.2) is 0 Å². The summed E-state index contributed by atoms with van der Waals surface area (Å²) in [6, 6.07) is 10.2. The molecule has 0 bridgehead atoms. The van der Waals surface area contributed by atoms with E-state index in [-0.39, 0.29) is 4.90 Å². The topological polar surface area (TPSA) is 80.3 Å². The van der Waals surface area contributed by atoms with Crippen LogP contribution in [0.3, 0.4) is 0 Å². The van der Waals surface area contributed by atoms with Gasteiger partial charge in [-0.3, -0.25) is 4.72 Å². The number of rotatable bonds is 6. The minimum atomic E-state index is -3.66. The Morgan fingerprint density at radius 1 is 1.08 bits per heavy atom. The van der Waals surface area contributed by atoms with E-state index in [2.05, 4.69) is 15.0 Å². The van der Waals surface area contributed by atoms with Crippen molar-refractivity contribution in [3.8, 4) is 5.75 Å². The zero-order chi connectivity index (χ0) is 17.0. The van der Waals surface area contributed by atoms with Crippen LogP contribution in [-0.2, 0) is 10.0 Å². The summed E-state index contributed by atoms with van der Waals surface area (Å²) in [5, 5.41) is 3.42. The fourth-order valence-corrected chi connectivity index (χ4v) is 3.81. The molecule has 0 aliphatic heterocycles. The summed E-state index contributed by atoms with van der Waals surface area (Å²) < 4.78 is 32.2. The van der Waals surface area contributed by atoms with Crippen LogP contribution < -0.4 is 14.8 Å². The van der Waals surface area contributed by atoms with Gasteiger partial charge < -0.3 is 10.1 Å². The van der Waals surface area contributed by atoms with Crippen molar-refractivity contribution in [3.63, 3.8) is 0 Å². The van der Waals surface area contributed by atoms with Gasteiger partial charge in [0.05, 0.1) is 23.9 Å². The Morgan fingerprint density at radius 3 is 2.38 bits per heavy atom. The van der Waals surface area contributed by atoms with Crippen molar-refractivity contribution in [3.05, 3.63) is 42.6 Å². The lowest BCUT2D eigenvalue weighted by atomic mass is 10.2. The van der Waals surface area contributed by atoms with Crippen LogP contribution in [0, 0.1) is 0 Å². The number of aromatic nitrogens is 1. The first-order valence-corrected chi connectivity index (χ1v) is 9.44. The smallest absolute Gasteiger partial charge is 0.263 e. The summed E-state index contributed by atoms with van der Waals surface area (Å²) in [5.41, 5.74) is 0.911. The molecular weight excluding hydrogens is 326 g/mol. The van der Waals surface area contributed by atoms with E-state index in [1.165, 1.54) is 44.9 Å². The van der Waals surface area contributed by atoms with Gasteiger partial charge in [0, 0.05) is 6.04 Å². The lowest BCUT2D eigenvalue weighted by molar-refractivity contribution is 0.414. The number of nitrogens with zero attached hydrogens (tertiary/aromatic N) is 1. The lowest BCUT2D eigenvalue weighted by Crippen LogP contribution is -2.16. The Kier molecular flexibility index (Phi) is 4.89. The van der Waals surface area contributed by atoms with Crippen LogP contribution >= 0.6 is 0 Å². The normalized spacial score (nSPS) is 15.2. The van der Waals surface area contributed by atoms with Crippen molar-refractivity contribution < 1.29 is 13.2 Å². The molecule has 3 rings (SSSR count). The molecule has 0 saturated heterocycles. The van der Waals surface area contributed by atoms with Crippen molar-refractivity contribution in [1.29, 1.82) is 0 Å². The zero-order valence-corrected chi connectivity index (χ0v) is 14.3. The Labute approximate surface area is 142 Å². The van der Waals surface area contributed by atoms with E-state index in [0.29, 0.717) is 17.6 Å². The molecule has 0 atom stereocenters. The number of hydrogen-bond donors (Lipinski definition) is 2. The van der Waals surface area contributed by atoms with Gasteiger partial charge in [0.25, 0.3) is 10.0 Å². The average Bonchev–Trinajstić information content (AvgIpc) is 3.09. The van der Waals surface area contributed by atoms with E-state index in [1.54, 1.807) is 24.4 Å². The number of benzene rings is 1. The number of nitrogens with one attached hydrogen (secondary N) is 2. The number of anilines is 2. The first-order chi connectivity index (χ1) is 11.6. The molecule has 0 unspecified atom stereocenters. The molecule has 2 aromatic rings. The SMILES string of the molecule is COc1ccc(S(=O)(=O)Nc2ccc(NC3CCCC3)cn2)cc1. The molecule has 1 aromatic carbocycles. The molecule has 7 heteroatoms. The fourth-order valence-electron chi connectivity index (χ4n) is 2.80. The van der Waals surface area contributed by atoms with Gasteiger partial charge in [0.2, 0.25) is 0 Å². The highest BCUT2D eigenvalue weighted by Crippen LogP contribution is 2.23. The van der Waals surface area contributed by atoms with Gasteiger partial charge in [-0.25, -0.2) is 13.4 Å². The minimum Gasteiger partial charge on any atom is -0.497 e. The van der Waals surface area contributed by atoms with Crippen LogP contribution in [0.15, 0.2) is 47.5 Å². The fraction of sp³-hybridized carbons (Fsp3) is 0.353. The maximum absolute atomic E-state index is 12.4. The van der Waals surface area contributed by atoms with Crippen molar-refractivity contribution in [2.75, 3.05) is 17.1 Å². The summed E-state index contributed by atoms with van der Waals surface area (Å²) in [7, 11) is -2.13. The van der Waals surface area contributed by atoms with Crippen molar-refractivity contribution in [1.82, 2.24) is 4.98 Å². The summed E-state index contributed by atoms with van der Waals surface area (Å²) in [5.74, 6) is 0.900. The standard InChI is InChI=1S/C17H21N3O3S/c1-23-15-7-9-16(10-8-15)24(21,22)20-17-11-6-14(12-18-17)19-13-4-2-3-5-13/h6-13,19H,2-5H2,1H3,(H,18,20). The largest absolute Gasteiger partial charge is 0.497 e. The van der Waals surface area contributed by atoms with Crippen molar-refractivity contribution in [2.45, 2.75) is 36.6 Å². The molecule has 1 aliphatic rings. The summed E-state index contributed by atoms with van der Waals surface area (Å²) in [6.07, 6.45) is 6.51. The highest BCUT2D eigenvalue weighted by molar-refractivity contribution is 7.92. The number of sulfonamides is 1. The van der Waals surface area contributed by atoms with Gasteiger partial charge >= 0.3 is 0 Å². The lowest BCUT2D eigenvalue weighted by Gasteiger charge is -2.13. The van der Waals surface area contributed by atoms with E-state index >= 15 is 0 Å². The van der Waals surface area contributed by atoms with Crippen LogP contribution in [0.4, 0.5) is 11.5 Å². The second-order valence-electron chi connectivity index (χ2n) is 5.84. The van der Waals surface area contributed by atoms with Crippen LogP contribution in [0.2, 0.25) is 0 Å². The third-order valence-corrected chi connectivity index (χ3v) is 5.47. The minimum absolute atomic E-state index is 0.165. The Balaban J connectivity index is 1.67. The maximum Gasteiger partial charge on any atom is 0.263 e. The van der Waals surface area contributed by atoms with E-state index in [9.17, 15) is 8.42 Å². The van der Waals surface area contributed by atoms with Crippen molar-refractivity contribution in [2.24, 2.45) is 0 Å². The van der Waals surface area contributed by atoms with E-state index in [0.717, 1.165) is 5.69 Å². The van der Waals surface area contributed by atoms with Crippen LogP contribution in [0.25, 0.3) is 0 Å². The summed E-state index contributed by atoms with van der Waals surface area (Å²) >= 11 is 0. The van der Waals surface area contributed by atoms with Gasteiger partial charge in [0.1, 0.15) is 11.6 Å². The second-order valence-corrected chi connectivity index (χ2v) is 7.52. The summed E-state index contributed by atoms with van der Waals surface area (Å²) in [4.78, 5) is 4.35. The molecule has 1 fully saturated rings. The molecule has 1 heterocycles. The van der Waals surface area contributed by atoms with Crippen molar-refractivity contribution >= 4 is 21.5 Å². The Bertz CT molecular complexity index is 768. The van der Waals surface area contributed by atoms with Crippen LogP contribution in [-0.4, -0.2) is 26.6 Å². The van der Waals surface area contributed by atoms with E-state index < -0.39 is 10.0 Å². The quantitative estimate of drug-likeness (QED) is 0.838. The molecule has 0 spiro atoms. The molecule has 0 radical (unpaired) electrons. The third-order valence-electron chi connectivity index (χ3n) is 4.10. The molecule has 24 heavy (non-hydrogen) atoms. The third kappa shape index (κ3) is 3.97. The van der Waals surface area contributed by atoms with Crippen LogP contribution in [0.5, 0.6) is 5.75 Å². The second kappa shape index (κ2) is 7.09. The molecule has 128 valence electrons. The monoisotopic (exact) mass is 347 g/mol. The number of pyridine rings is 1.